The Morgan fingerprint density at radius 3 is 2.72 bits per heavy atom. The number of nitro benzene ring substituents is 1. The topological polar surface area (TPSA) is 110 Å². The predicted octanol–water partition coefficient (Wildman–Crippen LogP) is 4.06. The Morgan fingerprint density at radius 1 is 1.28 bits per heavy atom. The van der Waals surface area contributed by atoms with E-state index in [0.717, 1.165) is 11.0 Å². The van der Waals surface area contributed by atoms with Crippen molar-refractivity contribution in [2.24, 2.45) is 0 Å². The number of halogens is 2. The molecule has 1 aliphatic heterocycles. The lowest BCUT2D eigenvalue weighted by Gasteiger charge is -2.12. The van der Waals surface area contributed by atoms with Gasteiger partial charge in [0.15, 0.2) is 0 Å². The molecule has 29 heavy (non-hydrogen) atoms. The van der Waals surface area contributed by atoms with Gasteiger partial charge in [-0.1, -0.05) is 17.7 Å². The molecule has 1 fully saturated rings. The van der Waals surface area contributed by atoms with Gasteiger partial charge in [-0.3, -0.25) is 29.4 Å². The number of nitrogens with zero attached hydrogens (tertiary/aromatic N) is 2. The molecule has 1 heterocycles. The quantitative estimate of drug-likeness (QED) is 0.431. The third-order valence-electron chi connectivity index (χ3n) is 3.76. The normalized spacial score (nSPS) is 15.1. The molecule has 2 aromatic rings. The van der Waals surface area contributed by atoms with Crippen molar-refractivity contribution in [3.05, 3.63) is 73.9 Å². The van der Waals surface area contributed by atoms with E-state index in [-0.39, 0.29) is 26.9 Å². The molecule has 1 N–H and O–H groups in total. The van der Waals surface area contributed by atoms with Gasteiger partial charge in [-0.15, -0.1) is 0 Å². The molecule has 0 atom stereocenters. The summed E-state index contributed by atoms with van der Waals surface area (Å²) in [6.45, 7) is -0.568. The fourth-order valence-corrected chi connectivity index (χ4v) is 3.44. The van der Waals surface area contributed by atoms with Gasteiger partial charge >= 0.3 is 0 Å². The van der Waals surface area contributed by atoms with E-state index in [4.69, 9.17) is 11.6 Å². The summed E-state index contributed by atoms with van der Waals surface area (Å²) >= 11 is 6.59. The van der Waals surface area contributed by atoms with E-state index in [9.17, 15) is 28.9 Å². The summed E-state index contributed by atoms with van der Waals surface area (Å²) in [6, 6.07) is 8.85. The average molecular weight is 436 g/mol. The van der Waals surface area contributed by atoms with Crippen molar-refractivity contribution in [2.75, 3.05) is 11.9 Å². The lowest BCUT2D eigenvalue weighted by atomic mass is 10.2. The van der Waals surface area contributed by atoms with Crippen molar-refractivity contribution in [3.8, 4) is 0 Å². The maximum atomic E-state index is 13.2. The zero-order chi connectivity index (χ0) is 21.1. The van der Waals surface area contributed by atoms with Crippen LogP contribution in [0.3, 0.4) is 0 Å². The van der Waals surface area contributed by atoms with Crippen LogP contribution in [-0.4, -0.2) is 33.4 Å². The van der Waals surface area contributed by atoms with Gasteiger partial charge in [0.2, 0.25) is 5.91 Å². The van der Waals surface area contributed by atoms with Crippen LogP contribution in [0.25, 0.3) is 6.08 Å². The van der Waals surface area contributed by atoms with E-state index < -0.39 is 34.3 Å². The number of thioether (sulfide) groups is 1. The molecule has 0 unspecified atom stereocenters. The Hall–Kier alpha value is -3.24. The molecule has 148 valence electrons. The van der Waals surface area contributed by atoms with Crippen molar-refractivity contribution < 1.29 is 23.7 Å². The van der Waals surface area contributed by atoms with Gasteiger partial charge in [-0.05, 0) is 42.1 Å². The zero-order valence-corrected chi connectivity index (χ0v) is 16.0. The van der Waals surface area contributed by atoms with Crippen molar-refractivity contribution in [1.82, 2.24) is 4.90 Å². The Labute approximate surface area is 172 Å². The third kappa shape index (κ3) is 4.79. The Morgan fingerprint density at radius 2 is 2.03 bits per heavy atom. The number of carbonyl (C=O) groups is 3. The number of nitro groups is 1. The minimum absolute atomic E-state index is 0.0315. The smallest absolute Gasteiger partial charge is 0.294 e. The Bertz CT molecular complexity index is 1080. The van der Waals surface area contributed by atoms with Crippen molar-refractivity contribution >= 4 is 57.9 Å². The first-order valence-electron chi connectivity index (χ1n) is 7.99. The van der Waals surface area contributed by atoms with Crippen LogP contribution in [-0.2, 0) is 9.59 Å². The second kappa shape index (κ2) is 8.41. The number of benzene rings is 2. The van der Waals surface area contributed by atoms with Crippen LogP contribution in [0, 0.1) is 15.9 Å². The van der Waals surface area contributed by atoms with Gasteiger partial charge in [0, 0.05) is 28.4 Å². The average Bonchev–Trinajstić information content (AvgIpc) is 2.90. The molecular weight excluding hydrogens is 425 g/mol. The first-order chi connectivity index (χ1) is 13.7. The number of non-ortho nitro benzene ring substituents is 1. The maximum Gasteiger partial charge on any atom is 0.294 e. The minimum Gasteiger partial charge on any atom is -0.324 e. The van der Waals surface area contributed by atoms with E-state index in [0.29, 0.717) is 11.8 Å². The monoisotopic (exact) mass is 435 g/mol. The molecule has 0 radical (unpaired) electrons. The summed E-state index contributed by atoms with van der Waals surface area (Å²) in [5, 5.41) is 12.8. The van der Waals surface area contributed by atoms with Gasteiger partial charge in [-0.25, -0.2) is 4.39 Å². The van der Waals surface area contributed by atoms with Crippen LogP contribution in [0.4, 0.5) is 20.6 Å². The molecule has 0 bridgehead atoms. The molecule has 0 aliphatic carbocycles. The number of hydrogen-bond donors (Lipinski definition) is 1. The first-order valence-corrected chi connectivity index (χ1v) is 9.19. The van der Waals surface area contributed by atoms with Crippen LogP contribution in [0.2, 0.25) is 5.02 Å². The molecule has 11 heteroatoms. The number of anilines is 1. The molecule has 2 aromatic carbocycles. The summed E-state index contributed by atoms with van der Waals surface area (Å²) in [5.74, 6) is -1.98. The van der Waals surface area contributed by atoms with Crippen LogP contribution in [0.5, 0.6) is 0 Å². The highest BCUT2D eigenvalue weighted by atomic mass is 35.5. The lowest BCUT2D eigenvalue weighted by molar-refractivity contribution is -0.384. The van der Waals surface area contributed by atoms with Gasteiger partial charge in [0.1, 0.15) is 12.4 Å². The van der Waals surface area contributed by atoms with Gasteiger partial charge in [-0.2, -0.15) is 0 Å². The highest BCUT2D eigenvalue weighted by Gasteiger charge is 2.36. The van der Waals surface area contributed by atoms with E-state index in [2.05, 4.69) is 5.32 Å². The molecule has 0 spiro atoms. The van der Waals surface area contributed by atoms with Crippen LogP contribution in [0.1, 0.15) is 5.56 Å². The largest absolute Gasteiger partial charge is 0.324 e. The van der Waals surface area contributed by atoms with Crippen LogP contribution < -0.4 is 5.32 Å². The molecule has 3 amide bonds. The summed E-state index contributed by atoms with van der Waals surface area (Å²) in [7, 11) is 0. The SMILES string of the molecule is O=C(CN1C(=O)S/C(=C/c2cc([N+](=O)[O-])ccc2Cl)C1=O)Nc1cccc(F)c1. The van der Waals surface area contributed by atoms with E-state index in [1.54, 1.807) is 0 Å². The number of carbonyl (C=O) groups excluding carboxylic acids is 3. The molecule has 3 rings (SSSR count). The summed E-state index contributed by atoms with van der Waals surface area (Å²) in [6.07, 6.45) is 1.25. The molecule has 1 saturated heterocycles. The first kappa shape index (κ1) is 20.5. The molecule has 8 nitrogen and oxygen atoms in total. The second-order valence-corrected chi connectivity index (χ2v) is 7.19. The molecule has 1 aliphatic rings. The molecule has 0 saturated carbocycles. The summed E-state index contributed by atoms with van der Waals surface area (Å²) in [5.41, 5.74) is 0.144. The molecule has 0 aromatic heterocycles. The fourth-order valence-electron chi connectivity index (χ4n) is 2.44. The summed E-state index contributed by atoms with van der Waals surface area (Å²) < 4.78 is 13.2. The fraction of sp³-hybridized carbons (Fsp3) is 0.0556. The van der Waals surface area contributed by atoms with Gasteiger partial charge in [0.25, 0.3) is 16.8 Å². The Balaban J connectivity index is 1.76. The highest BCUT2D eigenvalue weighted by Crippen LogP contribution is 2.34. The van der Waals surface area contributed by atoms with E-state index in [1.807, 2.05) is 0 Å². The van der Waals surface area contributed by atoms with E-state index >= 15 is 0 Å². The van der Waals surface area contributed by atoms with Crippen molar-refractivity contribution in [2.45, 2.75) is 0 Å². The summed E-state index contributed by atoms with van der Waals surface area (Å²) in [4.78, 5) is 47.7. The number of amides is 3. The Kier molecular flexibility index (Phi) is 5.95. The zero-order valence-electron chi connectivity index (χ0n) is 14.4. The van der Waals surface area contributed by atoms with Gasteiger partial charge < -0.3 is 5.32 Å². The van der Waals surface area contributed by atoms with Crippen molar-refractivity contribution in [3.63, 3.8) is 0 Å². The van der Waals surface area contributed by atoms with E-state index in [1.165, 1.54) is 42.5 Å². The number of rotatable bonds is 5. The minimum atomic E-state index is -0.739. The molecular formula is C18H11ClFN3O5S. The highest BCUT2D eigenvalue weighted by molar-refractivity contribution is 8.18. The van der Waals surface area contributed by atoms with Crippen LogP contribution >= 0.6 is 23.4 Å². The van der Waals surface area contributed by atoms with Crippen molar-refractivity contribution in [1.29, 1.82) is 0 Å². The van der Waals surface area contributed by atoms with Crippen LogP contribution in [0.15, 0.2) is 47.4 Å². The van der Waals surface area contributed by atoms with Gasteiger partial charge in [0.05, 0.1) is 9.83 Å². The maximum absolute atomic E-state index is 13.2. The second-order valence-electron chi connectivity index (χ2n) is 5.79. The lowest BCUT2D eigenvalue weighted by Crippen LogP contribution is -2.36. The number of imide groups is 1. The number of hydrogen-bond acceptors (Lipinski definition) is 6. The number of nitrogens with one attached hydrogen (secondary N) is 1. The standard InChI is InChI=1S/C18H11ClFN3O5S/c19-14-5-4-13(23(27)28)6-10(14)7-15-17(25)22(18(26)29-15)9-16(24)21-12-3-1-2-11(20)8-12/h1-8H,9H2,(H,21,24)/b15-7+. The predicted molar refractivity (Wildman–Crippen MR) is 106 cm³/mol. The third-order valence-corrected chi connectivity index (χ3v) is 5.01.